The maximum atomic E-state index is 12.9. The number of amides is 1. The third kappa shape index (κ3) is 4.33. The van der Waals surface area contributed by atoms with E-state index in [4.69, 9.17) is 9.47 Å². The SMILES string of the molecule is COc1ccc(OC)c2c1sc(=NC(=O)CCSc1ccc(F)cc1)n2C. The van der Waals surface area contributed by atoms with Gasteiger partial charge in [-0.1, -0.05) is 11.3 Å². The van der Waals surface area contributed by atoms with Crippen molar-refractivity contribution in [1.82, 2.24) is 4.57 Å². The average Bonchev–Trinajstić information content (AvgIpc) is 2.99. The summed E-state index contributed by atoms with van der Waals surface area (Å²) in [5.74, 6) is 1.52. The maximum Gasteiger partial charge on any atom is 0.249 e. The number of carbonyl (C=O) groups excluding carboxylic acids is 1. The lowest BCUT2D eigenvalue weighted by Gasteiger charge is -2.06. The minimum Gasteiger partial charge on any atom is -0.495 e. The summed E-state index contributed by atoms with van der Waals surface area (Å²) in [4.78, 5) is 18.0. The molecule has 27 heavy (non-hydrogen) atoms. The van der Waals surface area contributed by atoms with Gasteiger partial charge in [0.2, 0.25) is 5.91 Å². The summed E-state index contributed by atoms with van der Waals surface area (Å²) in [6.45, 7) is 0. The summed E-state index contributed by atoms with van der Waals surface area (Å²) < 4.78 is 26.5. The molecule has 0 unspecified atom stereocenters. The van der Waals surface area contributed by atoms with Gasteiger partial charge in [0.05, 0.1) is 14.2 Å². The zero-order chi connectivity index (χ0) is 19.4. The van der Waals surface area contributed by atoms with Crippen LogP contribution in [0.4, 0.5) is 4.39 Å². The number of thioether (sulfide) groups is 1. The van der Waals surface area contributed by atoms with Crippen LogP contribution >= 0.6 is 23.1 Å². The highest BCUT2D eigenvalue weighted by Gasteiger charge is 2.14. The van der Waals surface area contributed by atoms with Gasteiger partial charge in [-0.3, -0.25) is 4.79 Å². The number of thiazole rings is 1. The van der Waals surface area contributed by atoms with E-state index in [1.807, 2.05) is 23.7 Å². The Morgan fingerprint density at radius 2 is 1.81 bits per heavy atom. The van der Waals surface area contributed by atoms with Crippen LogP contribution in [0.25, 0.3) is 10.2 Å². The number of ether oxygens (including phenoxy) is 2. The summed E-state index contributed by atoms with van der Waals surface area (Å²) in [7, 11) is 5.06. The first-order valence-electron chi connectivity index (χ1n) is 8.20. The fourth-order valence-electron chi connectivity index (χ4n) is 2.58. The number of hydrogen-bond donors (Lipinski definition) is 0. The van der Waals surface area contributed by atoms with Gasteiger partial charge in [0, 0.05) is 24.1 Å². The second-order valence-corrected chi connectivity index (χ2v) is 7.80. The first-order chi connectivity index (χ1) is 13.0. The first kappa shape index (κ1) is 19.4. The quantitative estimate of drug-likeness (QED) is 0.581. The van der Waals surface area contributed by atoms with E-state index in [0.29, 0.717) is 28.5 Å². The highest BCUT2D eigenvalue weighted by Crippen LogP contribution is 2.34. The van der Waals surface area contributed by atoms with Crippen molar-refractivity contribution >= 4 is 39.2 Å². The highest BCUT2D eigenvalue weighted by atomic mass is 32.2. The molecule has 2 aromatic carbocycles. The molecule has 0 saturated heterocycles. The second kappa shape index (κ2) is 8.58. The number of fused-ring (bicyclic) bond motifs is 1. The van der Waals surface area contributed by atoms with E-state index in [2.05, 4.69) is 4.99 Å². The van der Waals surface area contributed by atoms with E-state index in [-0.39, 0.29) is 11.7 Å². The topological polar surface area (TPSA) is 52.8 Å². The fourth-order valence-corrected chi connectivity index (χ4v) is 4.56. The van der Waals surface area contributed by atoms with E-state index >= 15 is 0 Å². The molecular formula is C19H19FN2O3S2. The lowest BCUT2D eigenvalue weighted by atomic mass is 10.3. The molecule has 0 aliphatic carbocycles. The number of rotatable bonds is 6. The third-order valence-electron chi connectivity index (χ3n) is 3.93. The molecule has 1 heterocycles. The Bertz CT molecular complexity index is 1030. The van der Waals surface area contributed by atoms with Crippen LogP contribution in [0.3, 0.4) is 0 Å². The molecule has 1 aromatic heterocycles. The lowest BCUT2D eigenvalue weighted by molar-refractivity contribution is -0.117. The Hall–Kier alpha value is -2.32. The van der Waals surface area contributed by atoms with Gasteiger partial charge in [0.15, 0.2) is 4.80 Å². The van der Waals surface area contributed by atoms with Crippen molar-refractivity contribution < 1.29 is 18.7 Å². The number of hydrogen-bond acceptors (Lipinski definition) is 5. The van der Waals surface area contributed by atoms with Gasteiger partial charge >= 0.3 is 0 Å². The average molecular weight is 407 g/mol. The Labute approximate surface area is 164 Å². The molecule has 0 atom stereocenters. The zero-order valence-electron chi connectivity index (χ0n) is 15.2. The van der Waals surface area contributed by atoms with Gasteiger partial charge in [0.25, 0.3) is 0 Å². The molecular weight excluding hydrogens is 387 g/mol. The summed E-state index contributed by atoms with van der Waals surface area (Å²) in [6, 6.07) is 9.89. The van der Waals surface area contributed by atoms with Crippen LogP contribution in [0.5, 0.6) is 11.5 Å². The van der Waals surface area contributed by atoms with E-state index in [9.17, 15) is 9.18 Å². The molecule has 1 amide bonds. The number of halogens is 1. The number of methoxy groups -OCH3 is 2. The molecule has 0 saturated carbocycles. The zero-order valence-corrected chi connectivity index (χ0v) is 16.8. The number of benzene rings is 2. The number of aromatic nitrogens is 1. The van der Waals surface area contributed by atoms with Crippen molar-refractivity contribution in [2.75, 3.05) is 20.0 Å². The summed E-state index contributed by atoms with van der Waals surface area (Å²) >= 11 is 2.88. The number of carbonyl (C=O) groups is 1. The molecule has 142 valence electrons. The molecule has 5 nitrogen and oxygen atoms in total. The van der Waals surface area contributed by atoms with Crippen molar-refractivity contribution in [2.45, 2.75) is 11.3 Å². The van der Waals surface area contributed by atoms with Crippen molar-refractivity contribution in [3.05, 3.63) is 47.0 Å². The van der Waals surface area contributed by atoms with Crippen molar-refractivity contribution in [2.24, 2.45) is 12.0 Å². The predicted octanol–water partition coefficient (Wildman–Crippen LogP) is 4.01. The highest BCUT2D eigenvalue weighted by molar-refractivity contribution is 7.99. The third-order valence-corrected chi connectivity index (χ3v) is 6.09. The van der Waals surface area contributed by atoms with Gasteiger partial charge in [0.1, 0.15) is 27.5 Å². The van der Waals surface area contributed by atoms with Crippen molar-refractivity contribution in [1.29, 1.82) is 0 Å². The maximum absolute atomic E-state index is 12.9. The Kier molecular flexibility index (Phi) is 6.18. The number of aryl methyl sites for hydroxylation is 1. The molecule has 0 bridgehead atoms. The van der Waals surface area contributed by atoms with Gasteiger partial charge in [-0.2, -0.15) is 4.99 Å². The normalized spacial score (nSPS) is 11.8. The Morgan fingerprint density at radius 1 is 1.15 bits per heavy atom. The molecule has 0 spiro atoms. The second-order valence-electron chi connectivity index (χ2n) is 5.65. The van der Waals surface area contributed by atoms with E-state index in [0.717, 1.165) is 15.1 Å². The minimum absolute atomic E-state index is 0.204. The van der Waals surface area contributed by atoms with Crippen LogP contribution in [-0.4, -0.2) is 30.4 Å². The molecule has 0 aliphatic heterocycles. The van der Waals surface area contributed by atoms with E-state index < -0.39 is 0 Å². The van der Waals surface area contributed by atoms with Gasteiger partial charge in [-0.25, -0.2) is 4.39 Å². The van der Waals surface area contributed by atoms with Gasteiger partial charge < -0.3 is 14.0 Å². The monoisotopic (exact) mass is 406 g/mol. The van der Waals surface area contributed by atoms with E-state index in [1.54, 1.807) is 26.4 Å². The van der Waals surface area contributed by atoms with Gasteiger partial charge in [-0.15, -0.1) is 11.8 Å². The first-order valence-corrected chi connectivity index (χ1v) is 10.00. The summed E-state index contributed by atoms with van der Waals surface area (Å²) in [6.07, 6.45) is 0.296. The van der Waals surface area contributed by atoms with Crippen LogP contribution in [0.2, 0.25) is 0 Å². The molecule has 8 heteroatoms. The van der Waals surface area contributed by atoms with Crippen LogP contribution in [0.15, 0.2) is 46.3 Å². The molecule has 3 rings (SSSR count). The minimum atomic E-state index is -0.270. The van der Waals surface area contributed by atoms with Crippen LogP contribution < -0.4 is 14.3 Å². The van der Waals surface area contributed by atoms with Gasteiger partial charge in [-0.05, 0) is 36.4 Å². The van der Waals surface area contributed by atoms with E-state index in [1.165, 1.54) is 35.2 Å². The smallest absolute Gasteiger partial charge is 0.249 e. The van der Waals surface area contributed by atoms with Crippen LogP contribution in [0, 0.1) is 5.82 Å². The predicted molar refractivity (Wildman–Crippen MR) is 106 cm³/mol. The lowest BCUT2D eigenvalue weighted by Crippen LogP contribution is -2.13. The Balaban J connectivity index is 1.79. The molecule has 3 aromatic rings. The molecule has 0 radical (unpaired) electrons. The molecule has 0 N–H and O–H groups in total. The number of nitrogens with zero attached hydrogens (tertiary/aromatic N) is 2. The summed E-state index contributed by atoms with van der Waals surface area (Å²) in [5.41, 5.74) is 0.842. The standard InChI is InChI=1S/C19H19FN2O3S2/c1-22-17-14(24-2)8-9-15(25-3)18(17)27-19(22)21-16(23)10-11-26-13-6-4-12(20)5-7-13/h4-9H,10-11H2,1-3H3. The fraction of sp³-hybridized carbons (Fsp3) is 0.263. The summed E-state index contributed by atoms with van der Waals surface area (Å²) in [5, 5.41) is 0. The largest absolute Gasteiger partial charge is 0.495 e. The molecule has 0 fully saturated rings. The van der Waals surface area contributed by atoms with Crippen molar-refractivity contribution in [3.8, 4) is 11.5 Å². The van der Waals surface area contributed by atoms with Crippen LogP contribution in [-0.2, 0) is 11.8 Å². The Morgan fingerprint density at radius 3 is 2.48 bits per heavy atom. The van der Waals surface area contributed by atoms with Crippen molar-refractivity contribution in [3.63, 3.8) is 0 Å². The van der Waals surface area contributed by atoms with Crippen LogP contribution in [0.1, 0.15) is 6.42 Å². The molecule has 0 aliphatic rings.